The maximum Gasteiger partial charge on any atom is 0.253 e. The number of hydrogen-bond acceptors (Lipinski definition) is 6. The van der Waals surface area contributed by atoms with Crippen LogP contribution in [0, 0.1) is 5.82 Å². The zero-order chi connectivity index (χ0) is 24.2. The van der Waals surface area contributed by atoms with Crippen molar-refractivity contribution in [2.24, 2.45) is 0 Å². The van der Waals surface area contributed by atoms with Gasteiger partial charge in [-0.15, -0.1) is 0 Å². The number of methoxy groups -OCH3 is 2. The Labute approximate surface area is 194 Å². The number of sulfonamides is 1. The first-order chi connectivity index (χ1) is 15.6. The lowest BCUT2D eigenvalue weighted by Gasteiger charge is -2.35. The van der Waals surface area contributed by atoms with Crippen LogP contribution in [0.3, 0.4) is 0 Å². The van der Waals surface area contributed by atoms with Crippen LogP contribution < -0.4 is 14.2 Å². The summed E-state index contributed by atoms with van der Waals surface area (Å²) in [6, 6.07) is 9.02. The van der Waals surface area contributed by atoms with E-state index in [0.717, 1.165) is 5.56 Å². The van der Waals surface area contributed by atoms with Gasteiger partial charge in [-0.05, 0) is 49.7 Å². The van der Waals surface area contributed by atoms with Crippen LogP contribution in [-0.4, -0.2) is 70.6 Å². The normalized spacial score (nSPS) is 15.0. The van der Waals surface area contributed by atoms with Crippen molar-refractivity contribution in [3.05, 3.63) is 53.3 Å². The van der Waals surface area contributed by atoms with Gasteiger partial charge in [-0.2, -0.15) is 0 Å². The lowest BCUT2D eigenvalue weighted by Crippen LogP contribution is -2.48. The lowest BCUT2D eigenvalue weighted by molar-refractivity contribution is 0.0628. The number of carbonyl (C=O) groups excluding carboxylic acids is 1. The fourth-order valence-corrected chi connectivity index (χ4v) is 5.20. The zero-order valence-electron chi connectivity index (χ0n) is 19.3. The van der Waals surface area contributed by atoms with Crippen molar-refractivity contribution in [3.63, 3.8) is 0 Å². The van der Waals surface area contributed by atoms with Crippen LogP contribution >= 0.6 is 0 Å². The molecule has 3 rings (SSSR count). The van der Waals surface area contributed by atoms with Gasteiger partial charge in [-0.25, -0.2) is 17.5 Å². The summed E-state index contributed by atoms with van der Waals surface area (Å²) in [6.45, 7) is 6.21. The molecule has 0 radical (unpaired) electrons. The third kappa shape index (κ3) is 6.01. The number of hydrogen-bond donors (Lipinski definition) is 1. The Hall–Kier alpha value is -2.69. The minimum atomic E-state index is -3.83. The minimum Gasteiger partial charge on any atom is -0.495 e. The molecule has 0 unspecified atom stereocenters. The summed E-state index contributed by atoms with van der Waals surface area (Å²) >= 11 is 0. The molecule has 0 bridgehead atoms. The van der Waals surface area contributed by atoms with E-state index >= 15 is 0 Å². The molecule has 0 saturated carbocycles. The van der Waals surface area contributed by atoms with Gasteiger partial charge in [0.15, 0.2) is 11.6 Å². The van der Waals surface area contributed by atoms with Crippen molar-refractivity contribution in [3.8, 4) is 11.5 Å². The fourth-order valence-electron chi connectivity index (χ4n) is 3.75. The van der Waals surface area contributed by atoms with Crippen molar-refractivity contribution in [1.29, 1.82) is 0 Å². The monoisotopic (exact) mass is 479 g/mol. The van der Waals surface area contributed by atoms with E-state index in [1.54, 1.807) is 30.9 Å². The number of piperazine rings is 1. The Morgan fingerprint density at radius 2 is 1.67 bits per heavy atom. The molecule has 0 atom stereocenters. The molecule has 180 valence electrons. The van der Waals surface area contributed by atoms with E-state index < -0.39 is 15.8 Å². The van der Waals surface area contributed by atoms with Gasteiger partial charge < -0.3 is 14.4 Å². The van der Waals surface area contributed by atoms with Gasteiger partial charge in [0, 0.05) is 44.3 Å². The van der Waals surface area contributed by atoms with Crippen LogP contribution in [0.2, 0.25) is 0 Å². The highest BCUT2D eigenvalue weighted by Gasteiger charge is 2.26. The quantitative estimate of drug-likeness (QED) is 0.626. The van der Waals surface area contributed by atoms with Crippen LogP contribution in [0.5, 0.6) is 11.5 Å². The molecule has 33 heavy (non-hydrogen) atoms. The second kappa shape index (κ2) is 10.5. The van der Waals surface area contributed by atoms with Crippen molar-refractivity contribution < 1.29 is 27.1 Å². The van der Waals surface area contributed by atoms with Crippen molar-refractivity contribution >= 4 is 15.9 Å². The molecule has 1 aliphatic heterocycles. The van der Waals surface area contributed by atoms with E-state index in [1.807, 2.05) is 6.07 Å². The summed E-state index contributed by atoms with van der Waals surface area (Å²) in [5.74, 6) is -0.260. The number of halogens is 1. The average Bonchev–Trinajstić information content (AvgIpc) is 2.78. The number of amides is 1. The molecule has 0 spiro atoms. The van der Waals surface area contributed by atoms with Gasteiger partial charge in [0.2, 0.25) is 10.0 Å². The minimum absolute atomic E-state index is 0.0651. The third-order valence-electron chi connectivity index (χ3n) is 5.37. The molecule has 1 N–H and O–H groups in total. The molecule has 2 aromatic carbocycles. The van der Waals surface area contributed by atoms with Crippen molar-refractivity contribution in [2.75, 3.05) is 40.4 Å². The maximum atomic E-state index is 13.9. The van der Waals surface area contributed by atoms with Crippen molar-refractivity contribution in [2.45, 2.75) is 31.3 Å². The van der Waals surface area contributed by atoms with Crippen LogP contribution in [0.4, 0.5) is 4.39 Å². The van der Waals surface area contributed by atoms with Gasteiger partial charge in [0.05, 0.1) is 14.2 Å². The van der Waals surface area contributed by atoms with E-state index in [4.69, 9.17) is 9.47 Å². The summed E-state index contributed by atoms with van der Waals surface area (Å²) in [5, 5.41) is 0. The number of benzene rings is 2. The molecule has 1 amide bonds. The summed E-state index contributed by atoms with van der Waals surface area (Å²) in [7, 11) is -1.02. The van der Waals surface area contributed by atoms with Crippen LogP contribution in [0.1, 0.15) is 29.8 Å². The third-order valence-corrected chi connectivity index (χ3v) is 7.05. The smallest absolute Gasteiger partial charge is 0.253 e. The Morgan fingerprint density at radius 3 is 2.24 bits per heavy atom. The van der Waals surface area contributed by atoms with Gasteiger partial charge in [0.25, 0.3) is 5.91 Å². The molecule has 1 aliphatic rings. The highest BCUT2D eigenvalue weighted by atomic mass is 32.2. The number of ether oxygens (including phenoxy) is 2. The standard InChI is InChI=1S/C23H30FN3O5S/c1-16(2)25-33(29,30)22-14-18(6-8-21(22)32-4)23(28)27-11-9-26(10-12-27)15-17-5-7-20(31-3)19(24)13-17/h5-8,13-14,16,25H,9-12,15H2,1-4H3. The molecule has 1 saturated heterocycles. The Morgan fingerprint density at radius 1 is 1.03 bits per heavy atom. The SMILES string of the molecule is COc1ccc(CN2CCN(C(=O)c3ccc(OC)c(S(=O)(=O)NC(C)C)c3)CC2)cc1F. The van der Waals surface area contributed by atoms with Crippen LogP contribution in [-0.2, 0) is 16.6 Å². The van der Waals surface area contributed by atoms with E-state index in [-0.39, 0.29) is 33.9 Å². The first-order valence-electron chi connectivity index (χ1n) is 10.7. The molecular weight excluding hydrogens is 449 g/mol. The zero-order valence-corrected chi connectivity index (χ0v) is 20.1. The summed E-state index contributed by atoms with van der Waals surface area (Å²) in [6.07, 6.45) is 0. The van der Waals surface area contributed by atoms with Crippen LogP contribution in [0.25, 0.3) is 0 Å². The Bertz CT molecular complexity index is 1100. The predicted molar refractivity (Wildman–Crippen MR) is 123 cm³/mol. The fraction of sp³-hybridized carbons (Fsp3) is 0.435. The van der Waals surface area contributed by atoms with E-state index in [0.29, 0.717) is 32.7 Å². The van der Waals surface area contributed by atoms with Gasteiger partial charge in [0.1, 0.15) is 10.6 Å². The van der Waals surface area contributed by atoms with Gasteiger partial charge >= 0.3 is 0 Å². The second-order valence-electron chi connectivity index (χ2n) is 8.18. The summed E-state index contributed by atoms with van der Waals surface area (Å²) < 4.78 is 52.0. The topological polar surface area (TPSA) is 88.2 Å². The molecule has 0 aromatic heterocycles. The average molecular weight is 480 g/mol. The van der Waals surface area contributed by atoms with Crippen molar-refractivity contribution in [1.82, 2.24) is 14.5 Å². The highest BCUT2D eigenvalue weighted by molar-refractivity contribution is 7.89. The molecule has 0 aliphatic carbocycles. The molecular formula is C23H30FN3O5S. The largest absolute Gasteiger partial charge is 0.495 e. The number of carbonyl (C=O) groups is 1. The summed E-state index contributed by atoms with van der Waals surface area (Å²) in [4.78, 5) is 16.8. The maximum absolute atomic E-state index is 13.9. The molecule has 8 nitrogen and oxygen atoms in total. The first-order valence-corrected chi connectivity index (χ1v) is 12.2. The molecule has 2 aromatic rings. The summed E-state index contributed by atoms with van der Waals surface area (Å²) in [5.41, 5.74) is 1.11. The van der Waals surface area contributed by atoms with E-state index in [2.05, 4.69) is 9.62 Å². The number of nitrogens with zero attached hydrogens (tertiary/aromatic N) is 2. The Kier molecular flexibility index (Phi) is 7.93. The van der Waals surface area contributed by atoms with Gasteiger partial charge in [-0.3, -0.25) is 9.69 Å². The van der Waals surface area contributed by atoms with Crippen LogP contribution in [0.15, 0.2) is 41.3 Å². The molecule has 1 fully saturated rings. The lowest BCUT2D eigenvalue weighted by atomic mass is 10.1. The number of nitrogens with one attached hydrogen (secondary N) is 1. The predicted octanol–water partition coefficient (Wildman–Crippen LogP) is 2.49. The van der Waals surface area contributed by atoms with E-state index in [1.165, 1.54) is 32.4 Å². The highest BCUT2D eigenvalue weighted by Crippen LogP contribution is 2.26. The Balaban J connectivity index is 1.68. The van der Waals surface area contributed by atoms with E-state index in [9.17, 15) is 17.6 Å². The first kappa shape index (κ1) is 24.9. The molecule has 1 heterocycles. The number of rotatable bonds is 8. The molecule has 10 heteroatoms. The second-order valence-corrected chi connectivity index (χ2v) is 9.86. The van der Waals surface area contributed by atoms with Gasteiger partial charge in [-0.1, -0.05) is 6.07 Å².